The smallest absolute Gasteiger partial charge is 0.0487 e. The number of rotatable bonds is 15. The lowest BCUT2D eigenvalue weighted by Crippen LogP contribution is -2.36. The van der Waals surface area contributed by atoms with Crippen LogP contribution in [0.25, 0.3) is 0 Å². The van der Waals surface area contributed by atoms with Crippen LogP contribution >= 0.6 is 0 Å². The summed E-state index contributed by atoms with van der Waals surface area (Å²) < 4.78 is 10.8. The van der Waals surface area contributed by atoms with E-state index in [0.717, 1.165) is 45.2 Å². The summed E-state index contributed by atoms with van der Waals surface area (Å²) in [6, 6.07) is 0. The highest BCUT2D eigenvalue weighted by atomic mass is 16.5. The second kappa shape index (κ2) is 13.5. The summed E-state index contributed by atoms with van der Waals surface area (Å²) in [5.74, 6) is 0.719. The van der Waals surface area contributed by atoms with Crippen LogP contribution in [0.1, 0.15) is 66.2 Å². The van der Waals surface area contributed by atoms with Crippen molar-refractivity contribution in [2.45, 2.75) is 66.2 Å². The molecular formula is C18H39NO2. The second-order valence-corrected chi connectivity index (χ2v) is 6.69. The van der Waals surface area contributed by atoms with Gasteiger partial charge in [-0.3, -0.25) is 0 Å². The van der Waals surface area contributed by atoms with E-state index < -0.39 is 0 Å². The number of methoxy groups -OCH3 is 1. The van der Waals surface area contributed by atoms with Gasteiger partial charge in [-0.1, -0.05) is 40.5 Å². The standard InChI is InChI=1S/C18H39NO2/c1-6-8-10-18(7-2,16-19-15-17(3)4)11-14-21-13-9-12-20-5/h17,19H,6-16H2,1-5H3. The summed E-state index contributed by atoms with van der Waals surface area (Å²) in [6.45, 7) is 13.9. The monoisotopic (exact) mass is 301 g/mol. The maximum Gasteiger partial charge on any atom is 0.0487 e. The zero-order valence-corrected chi connectivity index (χ0v) is 15.2. The van der Waals surface area contributed by atoms with Crippen LogP contribution in [-0.2, 0) is 9.47 Å². The van der Waals surface area contributed by atoms with Gasteiger partial charge in [-0.05, 0) is 43.6 Å². The Morgan fingerprint density at radius 1 is 1.00 bits per heavy atom. The molecule has 0 radical (unpaired) electrons. The Bertz CT molecular complexity index is 221. The molecule has 0 saturated heterocycles. The lowest BCUT2D eigenvalue weighted by Gasteiger charge is -2.34. The summed E-state index contributed by atoms with van der Waals surface area (Å²) in [4.78, 5) is 0. The Kier molecular flexibility index (Phi) is 13.5. The van der Waals surface area contributed by atoms with E-state index in [9.17, 15) is 0 Å². The van der Waals surface area contributed by atoms with E-state index in [0.29, 0.717) is 5.41 Å². The quantitative estimate of drug-likeness (QED) is 0.458. The molecule has 3 heteroatoms. The van der Waals surface area contributed by atoms with Crippen molar-refractivity contribution < 1.29 is 9.47 Å². The second-order valence-electron chi connectivity index (χ2n) is 6.69. The fourth-order valence-corrected chi connectivity index (χ4v) is 2.65. The summed E-state index contributed by atoms with van der Waals surface area (Å²) in [7, 11) is 1.74. The van der Waals surface area contributed by atoms with E-state index >= 15 is 0 Å². The van der Waals surface area contributed by atoms with Gasteiger partial charge in [-0.15, -0.1) is 0 Å². The molecule has 1 unspecified atom stereocenters. The lowest BCUT2D eigenvalue weighted by atomic mass is 9.77. The fourth-order valence-electron chi connectivity index (χ4n) is 2.65. The van der Waals surface area contributed by atoms with Crippen molar-refractivity contribution >= 4 is 0 Å². The minimum absolute atomic E-state index is 0.409. The Labute approximate surface area is 133 Å². The van der Waals surface area contributed by atoms with E-state index in [2.05, 4.69) is 33.0 Å². The molecule has 0 bridgehead atoms. The van der Waals surface area contributed by atoms with Crippen LogP contribution in [0.3, 0.4) is 0 Å². The molecule has 0 rings (SSSR count). The van der Waals surface area contributed by atoms with Gasteiger partial charge < -0.3 is 14.8 Å². The molecule has 128 valence electrons. The largest absolute Gasteiger partial charge is 0.385 e. The van der Waals surface area contributed by atoms with Gasteiger partial charge in [0.25, 0.3) is 0 Å². The molecule has 0 aromatic heterocycles. The molecule has 0 fully saturated rings. The van der Waals surface area contributed by atoms with Gasteiger partial charge in [0.05, 0.1) is 0 Å². The first-order valence-electron chi connectivity index (χ1n) is 8.87. The molecule has 1 N–H and O–H groups in total. The van der Waals surface area contributed by atoms with Crippen LogP contribution < -0.4 is 5.32 Å². The van der Waals surface area contributed by atoms with E-state index in [1.807, 2.05) is 0 Å². The number of unbranched alkanes of at least 4 members (excludes halogenated alkanes) is 1. The zero-order chi connectivity index (χ0) is 16.0. The van der Waals surface area contributed by atoms with Crippen LogP contribution in [-0.4, -0.2) is 40.0 Å². The topological polar surface area (TPSA) is 30.5 Å². The van der Waals surface area contributed by atoms with Crippen molar-refractivity contribution in [3.05, 3.63) is 0 Å². The van der Waals surface area contributed by atoms with Gasteiger partial charge in [0.2, 0.25) is 0 Å². The third-order valence-corrected chi connectivity index (χ3v) is 4.28. The maximum absolute atomic E-state index is 5.79. The van der Waals surface area contributed by atoms with Gasteiger partial charge in [0, 0.05) is 33.5 Å². The molecule has 0 aliphatic carbocycles. The maximum atomic E-state index is 5.79. The van der Waals surface area contributed by atoms with Crippen molar-refractivity contribution in [3.8, 4) is 0 Å². The molecule has 0 heterocycles. The molecule has 0 aromatic carbocycles. The molecule has 1 atom stereocenters. The van der Waals surface area contributed by atoms with Crippen LogP contribution in [0.2, 0.25) is 0 Å². The minimum Gasteiger partial charge on any atom is -0.385 e. The first-order valence-corrected chi connectivity index (χ1v) is 8.87. The lowest BCUT2D eigenvalue weighted by molar-refractivity contribution is 0.0697. The minimum atomic E-state index is 0.409. The number of hydrogen-bond acceptors (Lipinski definition) is 3. The predicted molar refractivity (Wildman–Crippen MR) is 91.9 cm³/mol. The number of hydrogen-bond donors (Lipinski definition) is 1. The van der Waals surface area contributed by atoms with Gasteiger partial charge in [0.15, 0.2) is 0 Å². The molecule has 0 amide bonds. The molecular weight excluding hydrogens is 262 g/mol. The first kappa shape index (κ1) is 20.9. The molecule has 0 aliphatic heterocycles. The Hall–Kier alpha value is -0.120. The highest BCUT2D eigenvalue weighted by molar-refractivity contribution is 4.80. The summed E-state index contributed by atoms with van der Waals surface area (Å²) in [6.07, 6.45) is 7.31. The molecule has 0 spiro atoms. The molecule has 0 aliphatic rings. The van der Waals surface area contributed by atoms with Crippen LogP contribution in [0, 0.1) is 11.3 Å². The normalized spacial score (nSPS) is 14.6. The predicted octanol–water partition coefficient (Wildman–Crippen LogP) is 4.26. The van der Waals surface area contributed by atoms with Gasteiger partial charge >= 0.3 is 0 Å². The van der Waals surface area contributed by atoms with Crippen molar-refractivity contribution in [3.63, 3.8) is 0 Å². The SMILES string of the molecule is CCCCC(CC)(CCOCCCOC)CNCC(C)C. The number of ether oxygens (including phenoxy) is 2. The van der Waals surface area contributed by atoms with Crippen molar-refractivity contribution in [1.29, 1.82) is 0 Å². The molecule has 0 saturated carbocycles. The average Bonchev–Trinajstić information content (AvgIpc) is 2.47. The van der Waals surface area contributed by atoms with Crippen molar-refractivity contribution in [1.82, 2.24) is 5.32 Å². The highest BCUT2D eigenvalue weighted by Gasteiger charge is 2.26. The van der Waals surface area contributed by atoms with Gasteiger partial charge in [-0.2, -0.15) is 0 Å². The summed E-state index contributed by atoms with van der Waals surface area (Å²) in [5, 5.41) is 3.67. The Balaban J connectivity index is 4.14. The third kappa shape index (κ3) is 11.1. The Morgan fingerprint density at radius 2 is 1.76 bits per heavy atom. The van der Waals surface area contributed by atoms with E-state index in [1.54, 1.807) is 7.11 Å². The van der Waals surface area contributed by atoms with E-state index in [4.69, 9.17) is 9.47 Å². The molecule has 3 nitrogen and oxygen atoms in total. The fraction of sp³-hybridized carbons (Fsp3) is 1.00. The third-order valence-electron chi connectivity index (χ3n) is 4.28. The number of nitrogens with one attached hydrogen (secondary N) is 1. The average molecular weight is 302 g/mol. The highest BCUT2D eigenvalue weighted by Crippen LogP contribution is 2.32. The van der Waals surface area contributed by atoms with Crippen LogP contribution in [0.4, 0.5) is 0 Å². The summed E-state index contributed by atoms with van der Waals surface area (Å²) >= 11 is 0. The van der Waals surface area contributed by atoms with Crippen molar-refractivity contribution in [2.75, 3.05) is 40.0 Å². The van der Waals surface area contributed by atoms with Gasteiger partial charge in [0.1, 0.15) is 0 Å². The van der Waals surface area contributed by atoms with Crippen LogP contribution in [0.5, 0.6) is 0 Å². The van der Waals surface area contributed by atoms with Gasteiger partial charge in [-0.25, -0.2) is 0 Å². The van der Waals surface area contributed by atoms with Crippen LogP contribution in [0.15, 0.2) is 0 Å². The van der Waals surface area contributed by atoms with E-state index in [-0.39, 0.29) is 0 Å². The van der Waals surface area contributed by atoms with Crippen molar-refractivity contribution in [2.24, 2.45) is 11.3 Å². The molecule has 21 heavy (non-hydrogen) atoms. The zero-order valence-electron chi connectivity index (χ0n) is 15.2. The first-order chi connectivity index (χ1) is 10.1. The molecule has 0 aromatic rings. The Morgan fingerprint density at radius 3 is 2.33 bits per heavy atom. The van der Waals surface area contributed by atoms with E-state index in [1.165, 1.54) is 32.1 Å². The summed E-state index contributed by atoms with van der Waals surface area (Å²) in [5.41, 5.74) is 0.409.